The van der Waals surface area contributed by atoms with Crippen molar-refractivity contribution in [2.75, 3.05) is 0 Å². The van der Waals surface area contributed by atoms with Crippen molar-refractivity contribution in [2.45, 2.75) is 26.1 Å². The highest BCUT2D eigenvalue weighted by Gasteiger charge is 2.89. The first-order valence-corrected chi connectivity index (χ1v) is 12.9. The van der Waals surface area contributed by atoms with Crippen LogP contribution in [0.1, 0.15) is 43.0 Å². The van der Waals surface area contributed by atoms with Gasteiger partial charge in [-0.05, 0) is 49.2 Å². The summed E-state index contributed by atoms with van der Waals surface area (Å²) >= 11 is 0. The Labute approximate surface area is 225 Å². The molecule has 0 aromatic heterocycles. The van der Waals surface area contributed by atoms with Gasteiger partial charge in [0.1, 0.15) is 23.0 Å². The maximum atomic E-state index is 14.5. The number of Topliss-reactive ketones (excluding diaryl/α,β-unsaturated/α-hetero) is 4. The molecule has 2 aromatic carbocycles. The minimum atomic E-state index is -2.25. The highest BCUT2D eigenvalue weighted by Crippen LogP contribution is 2.80. The van der Waals surface area contributed by atoms with Crippen LogP contribution in [0, 0.1) is 48.3 Å². The van der Waals surface area contributed by atoms with Crippen LogP contribution in [0.4, 0.5) is 0 Å². The summed E-state index contributed by atoms with van der Waals surface area (Å²) in [6, 6.07) is 5.37. The van der Waals surface area contributed by atoms with E-state index < -0.39 is 104 Å². The fourth-order valence-corrected chi connectivity index (χ4v) is 9.51. The molecule has 6 aliphatic carbocycles. The Morgan fingerprint density at radius 2 is 0.950 bits per heavy atom. The first-order valence-electron chi connectivity index (χ1n) is 12.9. The monoisotopic (exact) mass is 542 g/mol. The number of allylic oxidation sites excluding steroid dienone is 2. The largest absolute Gasteiger partial charge is 0.507 e. The smallest absolute Gasteiger partial charge is 0.175 e. The van der Waals surface area contributed by atoms with Crippen LogP contribution in [0.25, 0.3) is 11.5 Å². The van der Waals surface area contributed by atoms with E-state index in [0.29, 0.717) is 11.1 Å². The molecule has 0 saturated heterocycles. The van der Waals surface area contributed by atoms with E-state index in [1.165, 1.54) is 24.3 Å². The summed E-state index contributed by atoms with van der Waals surface area (Å²) in [6.07, 6.45) is -3.37. The van der Waals surface area contributed by atoms with E-state index in [-0.39, 0.29) is 22.3 Å². The number of aliphatic hydroxyl groups is 4. The van der Waals surface area contributed by atoms with E-state index in [1.54, 1.807) is 13.8 Å². The van der Waals surface area contributed by atoms with Crippen molar-refractivity contribution < 1.29 is 49.8 Å². The van der Waals surface area contributed by atoms with Gasteiger partial charge < -0.3 is 30.6 Å². The second-order valence-electron chi connectivity index (χ2n) is 12.0. The molecule has 0 amide bonds. The van der Waals surface area contributed by atoms with Crippen molar-refractivity contribution in [1.82, 2.24) is 0 Å². The first-order chi connectivity index (χ1) is 18.8. The van der Waals surface area contributed by atoms with Gasteiger partial charge >= 0.3 is 0 Å². The fraction of sp³-hybridized carbons (Fsp3) is 0.333. The summed E-state index contributed by atoms with van der Waals surface area (Å²) in [4.78, 5) is 57.9. The molecule has 4 saturated carbocycles. The van der Waals surface area contributed by atoms with E-state index in [1.807, 2.05) is 0 Å². The van der Waals surface area contributed by atoms with E-state index in [9.17, 15) is 49.8 Å². The van der Waals surface area contributed by atoms with Gasteiger partial charge in [0.05, 0.1) is 57.1 Å². The molecule has 0 aliphatic heterocycles. The number of rotatable bonds is 0. The number of hydrogen-bond donors (Lipinski definition) is 6. The van der Waals surface area contributed by atoms with Crippen LogP contribution in [-0.2, 0) is 9.59 Å². The molecule has 8 rings (SSSR count). The molecule has 10 heteroatoms. The van der Waals surface area contributed by atoms with Gasteiger partial charge in [-0.2, -0.15) is 0 Å². The van der Waals surface area contributed by atoms with E-state index in [2.05, 4.69) is 0 Å². The first kappa shape index (κ1) is 23.6. The summed E-state index contributed by atoms with van der Waals surface area (Å²) in [5.74, 6) is -12.2. The van der Waals surface area contributed by atoms with Gasteiger partial charge in [0, 0.05) is 23.0 Å². The molecule has 2 aromatic rings. The normalized spacial score (nSPS) is 38.1. The Morgan fingerprint density at radius 3 is 1.30 bits per heavy atom. The van der Waals surface area contributed by atoms with Gasteiger partial charge in [0.2, 0.25) is 0 Å². The van der Waals surface area contributed by atoms with E-state index in [4.69, 9.17) is 0 Å². The third-order valence-corrected chi connectivity index (χ3v) is 10.4. The lowest BCUT2D eigenvalue weighted by Gasteiger charge is -2.53. The molecule has 4 bridgehead atoms. The SMILES string of the molecule is Cc1cc(O)c2c(c1)C(=O)C13C(=C2O)C(=O)C2[C@H](O)C1[C@@H]1[C@H](O)[C@H]3C(=O)C3=C(O)c4c(O)cc(C)cc4C(=O)[C@@]321. The lowest BCUT2D eigenvalue weighted by molar-refractivity contribution is -0.142. The molecule has 10 nitrogen and oxygen atoms in total. The van der Waals surface area contributed by atoms with Crippen LogP contribution in [0.3, 0.4) is 0 Å². The quantitative estimate of drug-likeness (QED) is 0.286. The zero-order valence-electron chi connectivity index (χ0n) is 21.1. The second kappa shape index (κ2) is 6.54. The number of phenolic OH excluding ortho intramolecular Hbond substituents is 2. The van der Waals surface area contributed by atoms with Crippen molar-refractivity contribution in [3.8, 4) is 11.5 Å². The van der Waals surface area contributed by atoms with Crippen LogP contribution in [0.2, 0.25) is 0 Å². The topological polar surface area (TPSA) is 190 Å². The number of fused-ring (bicyclic) bond motifs is 4. The Kier molecular flexibility index (Phi) is 3.86. The lowest BCUT2D eigenvalue weighted by atomic mass is 9.46. The Hall–Kier alpha value is -4.28. The average Bonchev–Trinajstić information content (AvgIpc) is 3.22. The predicted octanol–water partition coefficient (Wildman–Crippen LogP) is 1.70. The van der Waals surface area contributed by atoms with Gasteiger partial charge in [0.15, 0.2) is 23.1 Å². The third-order valence-electron chi connectivity index (χ3n) is 10.4. The molecule has 4 fully saturated rings. The van der Waals surface area contributed by atoms with E-state index in [0.717, 1.165) is 0 Å². The minimum Gasteiger partial charge on any atom is -0.507 e. The number of aliphatic hydroxyl groups excluding tert-OH is 4. The number of hydrogen-bond acceptors (Lipinski definition) is 10. The zero-order valence-corrected chi connectivity index (χ0v) is 21.1. The van der Waals surface area contributed by atoms with Crippen molar-refractivity contribution in [3.05, 3.63) is 68.8 Å². The molecular formula is C30H22O10. The number of aryl methyl sites for hydroxylation is 2. The Balaban J connectivity index is 1.55. The summed E-state index contributed by atoms with van der Waals surface area (Å²) in [7, 11) is 0. The maximum absolute atomic E-state index is 14.5. The number of carbonyl (C=O) groups is 4. The molecule has 3 unspecified atom stereocenters. The highest BCUT2D eigenvalue weighted by atomic mass is 16.3. The molecule has 8 atom stereocenters. The number of benzene rings is 2. The number of phenols is 2. The fourth-order valence-electron chi connectivity index (χ4n) is 9.51. The lowest BCUT2D eigenvalue weighted by Crippen LogP contribution is -2.65. The summed E-state index contributed by atoms with van der Waals surface area (Å²) < 4.78 is 0. The zero-order chi connectivity index (χ0) is 28.5. The molecule has 6 N–H and O–H groups in total. The number of ketones is 4. The molecule has 0 heterocycles. The molecule has 40 heavy (non-hydrogen) atoms. The Morgan fingerprint density at radius 1 is 0.600 bits per heavy atom. The van der Waals surface area contributed by atoms with Gasteiger partial charge in [-0.25, -0.2) is 0 Å². The van der Waals surface area contributed by atoms with Gasteiger partial charge in [0.25, 0.3) is 0 Å². The summed E-state index contributed by atoms with van der Waals surface area (Å²) in [5.41, 5.74) is -5.58. The van der Waals surface area contributed by atoms with Crippen molar-refractivity contribution in [1.29, 1.82) is 0 Å². The Bertz CT molecular complexity index is 1680. The van der Waals surface area contributed by atoms with Gasteiger partial charge in [-0.15, -0.1) is 0 Å². The van der Waals surface area contributed by atoms with E-state index >= 15 is 0 Å². The van der Waals surface area contributed by atoms with Crippen molar-refractivity contribution in [3.63, 3.8) is 0 Å². The predicted molar refractivity (Wildman–Crippen MR) is 134 cm³/mol. The van der Waals surface area contributed by atoms with Crippen molar-refractivity contribution in [2.24, 2.45) is 34.5 Å². The highest BCUT2D eigenvalue weighted by molar-refractivity contribution is 6.30. The summed E-state index contributed by atoms with van der Waals surface area (Å²) in [5, 5.41) is 67.8. The second-order valence-corrected chi connectivity index (χ2v) is 12.0. The summed E-state index contributed by atoms with van der Waals surface area (Å²) in [6.45, 7) is 3.19. The standard InChI is InChI=1S/C30H22O10/c1-7-3-9-13(11(31)5-7)21(33)17-25(37)20-23(35)15-16-24(36)19(29(15,17)27(9)39)26(38)18-22(34)14-10(28(40)30(16,18)20)4-8(2)6-12(14)32/h3-6,15-16,19-20,23-24,31-36H,1-2H3/t15-,16?,19?,20+,23+,24-,29+,30?/m1/s1. The third kappa shape index (κ3) is 1.96. The maximum Gasteiger partial charge on any atom is 0.175 e. The molecule has 2 spiro atoms. The van der Waals surface area contributed by atoms with Crippen LogP contribution in [0.15, 0.2) is 35.4 Å². The van der Waals surface area contributed by atoms with Gasteiger partial charge in [-0.3, -0.25) is 19.2 Å². The molecule has 202 valence electrons. The van der Waals surface area contributed by atoms with Crippen LogP contribution in [0.5, 0.6) is 11.5 Å². The number of aromatic hydroxyl groups is 2. The molecule has 0 radical (unpaired) electrons. The molecular weight excluding hydrogens is 520 g/mol. The van der Waals surface area contributed by atoms with Crippen molar-refractivity contribution >= 4 is 34.7 Å². The van der Waals surface area contributed by atoms with Crippen LogP contribution < -0.4 is 0 Å². The van der Waals surface area contributed by atoms with Crippen LogP contribution in [-0.4, -0.2) is 66.0 Å². The van der Waals surface area contributed by atoms with Crippen LogP contribution >= 0.6 is 0 Å². The molecule has 6 aliphatic rings. The minimum absolute atomic E-state index is 0.185. The average molecular weight is 542 g/mol. The number of carbonyl (C=O) groups excluding carboxylic acids is 4. The van der Waals surface area contributed by atoms with Gasteiger partial charge in [-0.1, -0.05) is 0 Å².